The van der Waals surface area contributed by atoms with Crippen LogP contribution in [0.5, 0.6) is 0 Å². The number of hydrogen-bond acceptors (Lipinski definition) is 4. The van der Waals surface area contributed by atoms with Crippen molar-refractivity contribution in [3.63, 3.8) is 0 Å². The first-order valence-electron chi connectivity index (χ1n) is 11.9. The van der Waals surface area contributed by atoms with Crippen LogP contribution in [0.3, 0.4) is 0 Å². The normalized spacial score (nSPS) is 12.1. The highest BCUT2D eigenvalue weighted by atomic mass is 35.5. The molecule has 0 bridgehead atoms. The van der Waals surface area contributed by atoms with E-state index in [4.69, 9.17) is 16.7 Å². The minimum atomic E-state index is -0.942. The van der Waals surface area contributed by atoms with E-state index in [0.717, 1.165) is 33.3 Å². The van der Waals surface area contributed by atoms with Gasteiger partial charge >= 0.3 is 11.9 Å². The molecular weight excluding hydrogens is 506 g/mol. The minimum absolute atomic E-state index is 0.0236. The standard InChI is InChI=1S/C30H26ClNO4S/c31-24-12-9-22-10-14-25(32-27(22)19-24)13-8-20-4-3-6-23(18-20)28(37-17-16-29(33)34)15-11-21-5-1-2-7-26(21)30(35)36/h1-10,12-14,18-19,28H,11,15-17H2,(H,33,34)(H,35,36). The Morgan fingerprint density at radius 1 is 0.946 bits per heavy atom. The van der Waals surface area contributed by atoms with Gasteiger partial charge in [0.1, 0.15) is 0 Å². The van der Waals surface area contributed by atoms with E-state index in [0.29, 0.717) is 29.2 Å². The number of aryl methyl sites for hydroxylation is 1. The summed E-state index contributed by atoms with van der Waals surface area (Å²) in [5.41, 5.74) is 4.80. The number of carboxylic acid groups (broad SMARTS) is 2. The van der Waals surface area contributed by atoms with Crippen LogP contribution in [0, 0.1) is 0 Å². The molecule has 1 heterocycles. The fraction of sp³-hybridized carbons (Fsp3) is 0.167. The number of hydrogen-bond donors (Lipinski definition) is 2. The number of fused-ring (bicyclic) bond motifs is 1. The zero-order valence-electron chi connectivity index (χ0n) is 20.0. The highest BCUT2D eigenvalue weighted by molar-refractivity contribution is 7.99. The number of thioether (sulfide) groups is 1. The molecule has 0 aliphatic carbocycles. The first-order valence-corrected chi connectivity index (χ1v) is 13.3. The maximum Gasteiger partial charge on any atom is 0.335 e. The molecule has 4 rings (SSSR count). The van der Waals surface area contributed by atoms with Crippen LogP contribution in [0.25, 0.3) is 23.1 Å². The summed E-state index contributed by atoms with van der Waals surface area (Å²) in [6.07, 6.45) is 5.30. The van der Waals surface area contributed by atoms with Crippen LogP contribution >= 0.6 is 23.4 Å². The van der Waals surface area contributed by atoms with Crippen molar-refractivity contribution in [2.75, 3.05) is 5.75 Å². The van der Waals surface area contributed by atoms with Gasteiger partial charge in [-0.05, 0) is 59.9 Å². The van der Waals surface area contributed by atoms with E-state index in [1.54, 1.807) is 23.9 Å². The van der Waals surface area contributed by atoms with Crippen LogP contribution in [0.1, 0.15) is 50.8 Å². The van der Waals surface area contributed by atoms with Crippen molar-refractivity contribution in [2.24, 2.45) is 0 Å². The Hall–Kier alpha value is -3.61. The summed E-state index contributed by atoms with van der Waals surface area (Å²) in [5.74, 6) is -1.30. The molecule has 0 fully saturated rings. The molecule has 1 atom stereocenters. The third kappa shape index (κ3) is 7.44. The van der Waals surface area contributed by atoms with Crippen LogP contribution in [0.15, 0.2) is 78.9 Å². The largest absolute Gasteiger partial charge is 0.481 e. The molecule has 188 valence electrons. The Morgan fingerprint density at radius 3 is 2.57 bits per heavy atom. The number of rotatable bonds is 11. The van der Waals surface area contributed by atoms with Crippen molar-refractivity contribution in [1.82, 2.24) is 4.98 Å². The lowest BCUT2D eigenvalue weighted by Gasteiger charge is -2.18. The number of benzene rings is 3. The Morgan fingerprint density at radius 2 is 1.76 bits per heavy atom. The van der Waals surface area contributed by atoms with Crippen LogP contribution < -0.4 is 0 Å². The zero-order chi connectivity index (χ0) is 26.2. The van der Waals surface area contributed by atoms with E-state index in [-0.39, 0.29) is 11.7 Å². The molecule has 1 unspecified atom stereocenters. The monoisotopic (exact) mass is 531 g/mol. The summed E-state index contributed by atoms with van der Waals surface area (Å²) < 4.78 is 0. The van der Waals surface area contributed by atoms with Gasteiger partial charge in [-0.15, -0.1) is 0 Å². The molecule has 0 spiro atoms. The lowest BCUT2D eigenvalue weighted by molar-refractivity contribution is -0.136. The molecule has 5 nitrogen and oxygen atoms in total. The van der Waals surface area contributed by atoms with E-state index in [1.165, 1.54) is 0 Å². The second-order valence-corrected chi connectivity index (χ2v) is 10.3. The predicted molar refractivity (Wildman–Crippen MR) is 151 cm³/mol. The van der Waals surface area contributed by atoms with Gasteiger partial charge in [0.25, 0.3) is 0 Å². The van der Waals surface area contributed by atoms with Gasteiger partial charge in [0.2, 0.25) is 0 Å². The SMILES string of the molecule is O=C(O)CCSC(CCc1ccccc1C(=O)O)c1cccc(C=Cc2ccc3ccc(Cl)cc3n2)c1. The fourth-order valence-corrected chi connectivity index (χ4v) is 5.48. The van der Waals surface area contributed by atoms with Gasteiger partial charge in [-0.25, -0.2) is 9.78 Å². The molecule has 0 saturated heterocycles. The Labute approximate surface area is 224 Å². The lowest BCUT2D eigenvalue weighted by Crippen LogP contribution is -2.05. The number of aliphatic carboxylic acids is 1. The van der Waals surface area contributed by atoms with E-state index in [9.17, 15) is 14.7 Å². The number of carbonyl (C=O) groups is 2. The molecular formula is C30H26ClNO4S. The van der Waals surface area contributed by atoms with Crippen molar-refractivity contribution in [3.05, 3.63) is 112 Å². The number of halogens is 1. The number of carboxylic acids is 2. The van der Waals surface area contributed by atoms with Crippen molar-refractivity contribution in [2.45, 2.75) is 24.5 Å². The lowest BCUT2D eigenvalue weighted by atomic mass is 9.98. The van der Waals surface area contributed by atoms with E-state index < -0.39 is 11.9 Å². The Balaban J connectivity index is 1.54. The summed E-state index contributed by atoms with van der Waals surface area (Å²) in [6, 6.07) is 24.7. The molecule has 0 amide bonds. The van der Waals surface area contributed by atoms with Gasteiger partial charge < -0.3 is 10.2 Å². The van der Waals surface area contributed by atoms with Crippen molar-refractivity contribution in [1.29, 1.82) is 0 Å². The Bertz CT molecular complexity index is 1450. The summed E-state index contributed by atoms with van der Waals surface area (Å²) in [4.78, 5) is 27.4. The minimum Gasteiger partial charge on any atom is -0.481 e. The molecule has 0 radical (unpaired) electrons. The summed E-state index contributed by atoms with van der Waals surface area (Å²) in [7, 11) is 0. The van der Waals surface area contributed by atoms with Gasteiger partial charge in [-0.2, -0.15) is 11.8 Å². The third-order valence-corrected chi connectivity index (χ3v) is 7.55. The first-order chi connectivity index (χ1) is 17.9. The molecule has 2 N–H and O–H groups in total. The highest BCUT2D eigenvalue weighted by Crippen LogP contribution is 2.35. The molecule has 1 aromatic heterocycles. The molecule has 0 saturated carbocycles. The van der Waals surface area contributed by atoms with Gasteiger partial charge in [0, 0.05) is 21.4 Å². The number of aromatic carboxylic acids is 1. The van der Waals surface area contributed by atoms with E-state index in [2.05, 4.69) is 11.1 Å². The molecule has 0 aliphatic heterocycles. The number of pyridine rings is 1. The van der Waals surface area contributed by atoms with Crippen LogP contribution in [0.2, 0.25) is 5.02 Å². The second-order valence-electron chi connectivity index (χ2n) is 8.58. The maximum atomic E-state index is 11.6. The maximum absolute atomic E-state index is 11.6. The summed E-state index contributed by atoms with van der Waals surface area (Å²) in [5, 5.41) is 20.3. The van der Waals surface area contributed by atoms with Gasteiger partial charge in [-0.3, -0.25) is 4.79 Å². The number of aromatic nitrogens is 1. The second kappa shape index (κ2) is 12.6. The topological polar surface area (TPSA) is 87.5 Å². The van der Waals surface area contributed by atoms with Gasteiger partial charge in [0.15, 0.2) is 0 Å². The van der Waals surface area contributed by atoms with Gasteiger partial charge in [0.05, 0.1) is 23.2 Å². The van der Waals surface area contributed by atoms with Crippen LogP contribution in [-0.4, -0.2) is 32.9 Å². The van der Waals surface area contributed by atoms with E-state index in [1.807, 2.05) is 72.8 Å². The summed E-state index contributed by atoms with van der Waals surface area (Å²) in [6.45, 7) is 0. The third-order valence-electron chi connectivity index (χ3n) is 5.96. The molecule has 3 aromatic carbocycles. The number of nitrogens with zero attached hydrogens (tertiary/aromatic N) is 1. The van der Waals surface area contributed by atoms with Gasteiger partial charge in [-0.1, -0.05) is 72.3 Å². The zero-order valence-corrected chi connectivity index (χ0v) is 21.6. The van der Waals surface area contributed by atoms with Crippen molar-refractivity contribution >= 4 is 58.4 Å². The molecule has 4 aromatic rings. The molecule has 0 aliphatic rings. The average molecular weight is 532 g/mol. The van der Waals surface area contributed by atoms with E-state index >= 15 is 0 Å². The first kappa shape index (κ1) is 26.5. The average Bonchev–Trinajstić information content (AvgIpc) is 2.89. The van der Waals surface area contributed by atoms with Crippen molar-refractivity contribution in [3.8, 4) is 0 Å². The molecule has 37 heavy (non-hydrogen) atoms. The molecule has 7 heteroatoms. The quantitative estimate of drug-likeness (QED) is 0.207. The predicted octanol–water partition coefficient (Wildman–Crippen LogP) is 7.64. The smallest absolute Gasteiger partial charge is 0.335 e. The Kier molecular flexibility index (Phi) is 8.99. The summed E-state index contributed by atoms with van der Waals surface area (Å²) >= 11 is 7.70. The van der Waals surface area contributed by atoms with Crippen LogP contribution in [0.4, 0.5) is 0 Å². The fourth-order valence-electron chi connectivity index (χ4n) is 4.11. The highest BCUT2D eigenvalue weighted by Gasteiger charge is 2.16. The van der Waals surface area contributed by atoms with Crippen LogP contribution in [-0.2, 0) is 11.2 Å². The van der Waals surface area contributed by atoms with Crippen molar-refractivity contribution < 1.29 is 19.8 Å².